The molecule has 0 bridgehead atoms. The van der Waals surface area contributed by atoms with Gasteiger partial charge in [0.1, 0.15) is 0 Å². The van der Waals surface area contributed by atoms with Crippen LogP contribution in [0.2, 0.25) is 0 Å². The quantitative estimate of drug-likeness (QED) is 0.630. The van der Waals surface area contributed by atoms with Crippen molar-refractivity contribution >= 4 is 0 Å². The van der Waals surface area contributed by atoms with Crippen LogP contribution in [0.5, 0.6) is 0 Å². The molecule has 0 aromatic rings. The second-order valence-electron chi connectivity index (χ2n) is 3.32. The Labute approximate surface area is 74.0 Å². The first-order valence-electron chi connectivity index (χ1n) is 4.23. The van der Waals surface area contributed by atoms with Crippen LogP contribution in [-0.2, 0) is 4.74 Å². The zero-order chi connectivity index (χ0) is 9.47. The summed E-state index contributed by atoms with van der Waals surface area (Å²) >= 11 is 0. The summed E-state index contributed by atoms with van der Waals surface area (Å²) in [6, 6.07) is 0. The highest BCUT2D eigenvalue weighted by Crippen LogP contribution is 2.31. The van der Waals surface area contributed by atoms with Crippen LogP contribution < -0.4 is 0 Å². The molecule has 2 heterocycles. The minimum absolute atomic E-state index is 0.380. The molecule has 0 aliphatic carbocycles. The van der Waals surface area contributed by atoms with E-state index in [0.717, 1.165) is 18.7 Å². The molecule has 0 unspecified atom stereocenters. The Hall–Kier alpha value is -0.710. The van der Waals surface area contributed by atoms with Gasteiger partial charge in [0.05, 0.1) is 6.10 Å². The normalized spacial score (nSPS) is 27.8. The predicted molar refractivity (Wildman–Crippen MR) is 39.8 cm³/mol. The Morgan fingerprint density at radius 3 is 2.85 bits per heavy atom. The monoisotopic (exact) mass is 193 g/mol. The standard InChI is InChI=1S/C8H10F3NO/c9-8(10,11)13-7-4-6-2-1-3-12(6)5-7/h2,7H,1,3-5H2/t7-/m1/s1. The van der Waals surface area contributed by atoms with Crippen molar-refractivity contribution in [2.45, 2.75) is 25.3 Å². The van der Waals surface area contributed by atoms with Gasteiger partial charge in [0.15, 0.2) is 0 Å². The molecule has 0 radical (unpaired) electrons. The summed E-state index contributed by atoms with van der Waals surface area (Å²) < 4.78 is 39.4. The molecule has 1 fully saturated rings. The molecule has 13 heavy (non-hydrogen) atoms. The molecule has 2 aliphatic rings. The zero-order valence-corrected chi connectivity index (χ0v) is 6.97. The number of alkyl halides is 3. The number of nitrogens with zero attached hydrogens (tertiary/aromatic N) is 1. The van der Waals surface area contributed by atoms with E-state index in [1.54, 1.807) is 0 Å². The van der Waals surface area contributed by atoms with Gasteiger partial charge < -0.3 is 4.90 Å². The van der Waals surface area contributed by atoms with Crippen LogP contribution in [0.15, 0.2) is 11.8 Å². The van der Waals surface area contributed by atoms with Crippen LogP contribution in [-0.4, -0.2) is 30.5 Å². The Kier molecular flexibility index (Phi) is 1.98. The van der Waals surface area contributed by atoms with Gasteiger partial charge in [0.25, 0.3) is 0 Å². The van der Waals surface area contributed by atoms with Crippen LogP contribution in [0.1, 0.15) is 12.8 Å². The summed E-state index contributed by atoms with van der Waals surface area (Å²) in [5.41, 5.74) is 1.01. The number of halogens is 3. The van der Waals surface area contributed by atoms with Crippen molar-refractivity contribution in [1.82, 2.24) is 4.90 Å². The van der Waals surface area contributed by atoms with E-state index >= 15 is 0 Å². The summed E-state index contributed by atoms with van der Waals surface area (Å²) in [5.74, 6) is 0. The SMILES string of the molecule is FC(F)(F)O[C@@H]1CC2=CCCN2C1. The molecule has 0 amide bonds. The van der Waals surface area contributed by atoms with Gasteiger partial charge in [-0.1, -0.05) is 6.08 Å². The summed E-state index contributed by atoms with van der Waals surface area (Å²) in [6.45, 7) is 1.22. The molecule has 74 valence electrons. The molecule has 1 saturated heterocycles. The van der Waals surface area contributed by atoms with Gasteiger partial charge in [-0.25, -0.2) is 0 Å². The number of hydrogen-bond donors (Lipinski definition) is 0. The predicted octanol–water partition coefficient (Wildman–Crippen LogP) is 1.88. The van der Waals surface area contributed by atoms with Gasteiger partial charge in [-0.15, -0.1) is 13.2 Å². The van der Waals surface area contributed by atoms with Crippen molar-refractivity contribution in [3.05, 3.63) is 11.8 Å². The third-order valence-corrected chi connectivity index (χ3v) is 2.35. The minimum Gasteiger partial charge on any atom is -0.372 e. The third kappa shape index (κ3) is 1.96. The molecular weight excluding hydrogens is 183 g/mol. The minimum atomic E-state index is -4.50. The molecule has 2 aliphatic heterocycles. The van der Waals surface area contributed by atoms with Gasteiger partial charge in [-0.2, -0.15) is 0 Å². The number of fused-ring (bicyclic) bond motifs is 1. The average Bonchev–Trinajstić information content (AvgIpc) is 2.40. The van der Waals surface area contributed by atoms with Crippen LogP contribution in [0.3, 0.4) is 0 Å². The van der Waals surface area contributed by atoms with Gasteiger partial charge >= 0.3 is 6.36 Å². The number of rotatable bonds is 1. The molecule has 2 nitrogen and oxygen atoms in total. The van der Waals surface area contributed by atoms with Crippen molar-refractivity contribution < 1.29 is 17.9 Å². The van der Waals surface area contributed by atoms with E-state index in [9.17, 15) is 13.2 Å². The summed E-state index contributed by atoms with van der Waals surface area (Å²) in [6.07, 6.45) is -1.86. The molecule has 0 spiro atoms. The van der Waals surface area contributed by atoms with E-state index in [1.807, 2.05) is 11.0 Å². The summed E-state index contributed by atoms with van der Waals surface area (Å²) in [7, 11) is 0. The largest absolute Gasteiger partial charge is 0.522 e. The molecule has 0 saturated carbocycles. The smallest absolute Gasteiger partial charge is 0.372 e. The van der Waals surface area contributed by atoms with E-state index in [4.69, 9.17) is 0 Å². The highest BCUT2D eigenvalue weighted by atomic mass is 19.4. The molecule has 5 heteroatoms. The third-order valence-electron chi connectivity index (χ3n) is 2.35. The maximum Gasteiger partial charge on any atom is 0.522 e. The number of hydrogen-bond acceptors (Lipinski definition) is 2. The average molecular weight is 193 g/mol. The molecule has 0 aromatic heterocycles. The summed E-state index contributed by atoms with van der Waals surface area (Å²) in [5, 5.41) is 0. The van der Waals surface area contributed by atoms with Crippen LogP contribution in [0.4, 0.5) is 13.2 Å². The van der Waals surface area contributed by atoms with Crippen molar-refractivity contribution in [3.8, 4) is 0 Å². The van der Waals surface area contributed by atoms with Crippen molar-refractivity contribution in [3.63, 3.8) is 0 Å². The Morgan fingerprint density at radius 2 is 2.23 bits per heavy atom. The lowest BCUT2D eigenvalue weighted by atomic mass is 10.2. The Morgan fingerprint density at radius 1 is 1.46 bits per heavy atom. The lowest BCUT2D eigenvalue weighted by Crippen LogP contribution is -2.27. The molecule has 2 rings (SSSR count). The van der Waals surface area contributed by atoms with E-state index in [-0.39, 0.29) is 0 Å². The zero-order valence-electron chi connectivity index (χ0n) is 6.97. The lowest BCUT2D eigenvalue weighted by molar-refractivity contribution is -0.340. The second kappa shape index (κ2) is 2.90. The van der Waals surface area contributed by atoms with Gasteiger partial charge in [-0.05, 0) is 6.42 Å². The van der Waals surface area contributed by atoms with Gasteiger partial charge in [-0.3, -0.25) is 4.74 Å². The first-order chi connectivity index (χ1) is 6.04. The van der Waals surface area contributed by atoms with Crippen LogP contribution in [0.25, 0.3) is 0 Å². The van der Waals surface area contributed by atoms with E-state index in [0.29, 0.717) is 13.0 Å². The van der Waals surface area contributed by atoms with Gasteiger partial charge in [0.2, 0.25) is 0 Å². The maximum atomic E-state index is 11.8. The first kappa shape index (κ1) is 8.87. The Bertz CT molecular complexity index is 236. The van der Waals surface area contributed by atoms with E-state index < -0.39 is 12.5 Å². The molecule has 0 N–H and O–H groups in total. The highest BCUT2D eigenvalue weighted by molar-refractivity contribution is 5.13. The topological polar surface area (TPSA) is 12.5 Å². The second-order valence-corrected chi connectivity index (χ2v) is 3.32. The van der Waals surface area contributed by atoms with Crippen LogP contribution >= 0.6 is 0 Å². The fourth-order valence-corrected chi connectivity index (χ4v) is 1.89. The van der Waals surface area contributed by atoms with Gasteiger partial charge in [0, 0.05) is 25.2 Å². The van der Waals surface area contributed by atoms with E-state index in [2.05, 4.69) is 4.74 Å². The fraction of sp³-hybridized carbons (Fsp3) is 0.750. The molecule has 1 atom stereocenters. The highest BCUT2D eigenvalue weighted by Gasteiger charge is 2.38. The molecule has 0 aromatic carbocycles. The Balaban J connectivity index is 1.92. The first-order valence-corrected chi connectivity index (χ1v) is 4.23. The van der Waals surface area contributed by atoms with Crippen LogP contribution in [0, 0.1) is 0 Å². The number of ether oxygens (including phenoxy) is 1. The van der Waals surface area contributed by atoms with Crippen molar-refractivity contribution in [2.24, 2.45) is 0 Å². The lowest BCUT2D eigenvalue weighted by Gasteiger charge is -2.15. The van der Waals surface area contributed by atoms with Crippen molar-refractivity contribution in [2.75, 3.05) is 13.1 Å². The van der Waals surface area contributed by atoms with E-state index in [1.165, 1.54) is 0 Å². The summed E-state index contributed by atoms with van der Waals surface area (Å²) in [4.78, 5) is 1.95. The maximum absolute atomic E-state index is 11.8. The van der Waals surface area contributed by atoms with Crippen molar-refractivity contribution in [1.29, 1.82) is 0 Å². The fourth-order valence-electron chi connectivity index (χ4n) is 1.89. The molecular formula is C8H10F3NO.